The van der Waals surface area contributed by atoms with Gasteiger partial charge in [-0.1, -0.05) is 67.9 Å². The van der Waals surface area contributed by atoms with Gasteiger partial charge in [-0.25, -0.2) is 9.88 Å². The van der Waals surface area contributed by atoms with Crippen molar-refractivity contribution in [2.45, 2.75) is 31.8 Å². The second-order valence-electron chi connectivity index (χ2n) is 10.8. The lowest BCUT2D eigenvalue weighted by Crippen LogP contribution is -2.50. The number of nitrogens with zero attached hydrogens (tertiary/aromatic N) is 3. The molecule has 0 aliphatic carbocycles. The van der Waals surface area contributed by atoms with Gasteiger partial charge >= 0.3 is 0 Å². The predicted octanol–water partition coefficient (Wildman–Crippen LogP) is 4.42. The van der Waals surface area contributed by atoms with Crippen LogP contribution in [0.15, 0.2) is 77.6 Å². The highest BCUT2D eigenvalue weighted by Gasteiger charge is 2.69. The Balaban J connectivity index is 1.53. The summed E-state index contributed by atoms with van der Waals surface area (Å²) in [5, 5.41) is 4.57. The average Bonchev–Trinajstić information content (AvgIpc) is 3.48. The number of carbonyl (C=O) groups is 2. The molecule has 0 bridgehead atoms. The molecule has 1 spiro atoms. The minimum absolute atomic E-state index is 0.194. The average molecular weight is 525 g/mol. The number of para-hydroxylation sites is 3. The number of nitrogens with one attached hydrogen (secondary N) is 1. The van der Waals surface area contributed by atoms with Crippen molar-refractivity contribution in [1.29, 1.82) is 0 Å². The van der Waals surface area contributed by atoms with Gasteiger partial charge in [-0.15, -0.1) is 0 Å². The van der Waals surface area contributed by atoms with Crippen molar-refractivity contribution in [1.82, 2.24) is 14.9 Å². The quantitative estimate of drug-likeness (QED) is 0.401. The summed E-state index contributed by atoms with van der Waals surface area (Å²) in [5.74, 6) is -1.32. The minimum Gasteiger partial charge on any atom is -0.297 e. The SMILES string of the molecule is CC(C)C[C@@H]1N[C@]2(c3ccccc3-n3c2nc2ccccc2c3=O)[C@H]2C(=O)N(c3ccccc3Cl)C(=O)[C@@H]12. The molecule has 38 heavy (non-hydrogen) atoms. The maximum absolute atomic E-state index is 14.4. The molecular formula is C30H25ClN4O3. The van der Waals surface area contributed by atoms with E-state index < -0.39 is 17.4 Å². The molecule has 4 heterocycles. The Hall–Kier alpha value is -3.81. The number of imide groups is 1. The van der Waals surface area contributed by atoms with Crippen LogP contribution < -0.4 is 15.8 Å². The Kier molecular flexibility index (Phi) is 4.97. The van der Waals surface area contributed by atoms with Crippen LogP contribution in [0.5, 0.6) is 0 Å². The molecule has 7 rings (SSSR count). The largest absolute Gasteiger partial charge is 0.297 e. The molecule has 4 aromatic rings. The topological polar surface area (TPSA) is 84.3 Å². The van der Waals surface area contributed by atoms with Crippen molar-refractivity contribution in [2.24, 2.45) is 17.8 Å². The van der Waals surface area contributed by atoms with Gasteiger partial charge in [-0.2, -0.15) is 0 Å². The zero-order chi connectivity index (χ0) is 26.3. The number of halogens is 1. The number of carbonyl (C=O) groups excluding carboxylic acids is 2. The van der Waals surface area contributed by atoms with Crippen molar-refractivity contribution in [3.63, 3.8) is 0 Å². The van der Waals surface area contributed by atoms with E-state index in [1.54, 1.807) is 34.9 Å². The van der Waals surface area contributed by atoms with Gasteiger partial charge in [0.05, 0.1) is 39.1 Å². The minimum atomic E-state index is -1.15. The van der Waals surface area contributed by atoms with E-state index in [2.05, 4.69) is 19.2 Å². The molecule has 8 heteroatoms. The molecular weight excluding hydrogens is 500 g/mol. The van der Waals surface area contributed by atoms with E-state index in [9.17, 15) is 14.4 Å². The smallest absolute Gasteiger partial charge is 0.266 e. The summed E-state index contributed by atoms with van der Waals surface area (Å²) < 4.78 is 1.62. The van der Waals surface area contributed by atoms with E-state index in [4.69, 9.17) is 16.6 Å². The van der Waals surface area contributed by atoms with E-state index in [1.165, 1.54) is 4.90 Å². The van der Waals surface area contributed by atoms with Crippen LogP contribution in [-0.4, -0.2) is 27.4 Å². The second kappa shape index (κ2) is 8.09. The van der Waals surface area contributed by atoms with E-state index in [-0.39, 0.29) is 29.3 Å². The molecule has 3 aliphatic rings. The highest BCUT2D eigenvalue weighted by molar-refractivity contribution is 6.36. The molecule has 0 unspecified atom stereocenters. The third-order valence-corrected chi connectivity index (χ3v) is 8.50. The van der Waals surface area contributed by atoms with E-state index in [0.29, 0.717) is 39.5 Å². The van der Waals surface area contributed by atoms with E-state index >= 15 is 0 Å². The third kappa shape index (κ3) is 2.88. The van der Waals surface area contributed by atoms with E-state index in [1.807, 2.05) is 42.5 Å². The van der Waals surface area contributed by atoms with Crippen LogP contribution in [-0.2, 0) is 15.1 Å². The summed E-state index contributed by atoms with van der Waals surface area (Å²) in [6.07, 6.45) is 0.679. The molecule has 1 aromatic heterocycles. The summed E-state index contributed by atoms with van der Waals surface area (Å²) in [7, 11) is 0. The zero-order valence-electron chi connectivity index (χ0n) is 20.9. The summed E-state index contributed by atoms with van der Waals surface area (Å²) in [4.78, 5) is 48.6. The zero-order valence-corrected chi connectivity index (χ0v) is 21.6. The molecule has 3 aromatic carbocycles. The first-order valence-corrected chi connectivity index (χ1v) is 13.2. The molecule has 2 amide bonds. The molecule has 7 nitrogen and oxygen atoms in total. The fourth-order valence-electron chi connectivity index (χ4n) is 6.80. The molecule has 1 N–H and O–H groups in total. The van der Waals surface area contributed by atoms with Crippen molar-refractivity contribution in [3.05, 3.63) is 99.6 Å². The van der Waals surface area contributed by atoms with Crippen LogP contribution in [0, 0.1) is 17.8 Å². The van der Waals surface area contributed by atoms with Gasteiger partial charge in [-0.05, 0) is 42.7 Å². The van der Waals surface area contributed by atoms with Crippen molar-refractivity contribution >= 4 is 40.0 Å². The summed E-state index contributed by atoms with van der Waals surface area (Å²) >= 11 is 6.49. The number of anilines is 1. The van der Waals surface area contributed by atoms with E-state index in [0.717, 1.165) is 5.56 Å². The first kappa shape index (κ1) is 23.3. The van der Waals surface area contributed by atoms with Gasteiger partial charge in [0.25, 0.3) is 5.56 Å². The number of hydrogen-bond donors (Lipinski definition) is 1. The number of benzene rings is 3. The maximum Gasteiger partial charge on any atom is 0.266 e. The summed E-state index contributed by atoms with van der Waals surface area (Å²) in [5.41, 5.74) is 1.06. The third-order valence-electron chi connectivity index (χ3n) is 8.18. The second-order valence-corrected chi connectivity index (χ2v) is 11.2. The Morgan fingerprint density at radius 2 is 1.61 bits per heavy atom. The first-order valence-electron chi connectivity index (χ1n) is 12.9. The maximum atomic E-state index is 14.4. The van der Waals surface area contributed by atoms with Crippen LogP contribution >= 0.6 is 11.6 Å². The highest BCUT2D eigenvalue weighted by Crippen LogP contribution is 2.56. The molecule has 0 radical (unpaired) electrons. The number of rotatable bonds is 3. The number of amides is 2. The summed E-state index contributed by atoms with van der Waals surface area (Å²) in [6.45, 7) is 4.20. The monoisotopic (exact) mass is 524 g/mol. The van der Waals surface area contributed by atoms with Gasteiger partial charge in [0.1, 0.15) is 11.4 Å². The number of hydrogen-bond acceptors (Lipinski definition) is 5. The molecule has 0 saturated carbocycles. The molecule has 2 saturated heterocycles. The van der Waals surface area contributed by atoms with Crippen LogP contribution in [0.25, 0.3) is 16.6 Å². The normalized spacial score (nSPS) is 25.5. The van der Waals surface area contributed by atoms with Gasteiger partial charge in [0.15, 0.2) is 0 Å². The fraction of sp³-hybridized carbons (Fsp3) is 0.267. The lowest BCUT2D eigenvalue weighted by molar-refractivity contribution is -0.123. The van der Waals surface area contributed by atoms with Crippen LogP contribution in [0.1, 0.15) is 31.7 Å². The number of fused-ring (bicyclic) bond motifs is 8. The van der Waals surface area contributed by atoms with Crippen molar-refractivity contribution < 1.29 is 9.59 Å². The van der Waals surface area contributed by atoms with Crippen LogP contribution in [0.3, 0.4) is 0 Å². The van der Waals surface area contributed by atoms with Crippen molar-refractivity contribution in [2.75, 3.05) is 4.90 Å². The predicted molar refractivity (Wildman–Crippen MR) is 145 cm³/mol. The van der Waals surface area contributed by atoms with Crippen molar-refractivity contribution in [3.8, 4) is 5.69 Å². The molecule has 4 atom stereocenters. The standard InChI is InChI=1S/C30H25ClN4O3/c1-16(2)15-21-24-25(28(38)34(27(24)37)23-14-8-5-11-19(23)31)30(33-21)18-10-4-7-13-22(18)35-26(36)17-9-3-6-12-20(17)32-29(30)35/h3-14,16,21,24-25,33H,15H2,1-2H3/t21-,24-,25+,30+/m0/s1. The Labute approximate surface area is 224 Å². The Bertz CT molecular complexity index is 1730. The Morgan fingerprint density at radius 1 is 0.921 bits per heavy atom. The van der Waals surface area contributed by atoms with Gasteiger partial charge < -0.3 is 0 Å². The first-order chi connectivity index (χ1) is 18.3. The highest BCUT2D eigenvalue weighted by atomic mass is 35.5. The molecule has 2 fully saturated rings. The van der Waals surface area contributed by atoms with Crippen LogP contribution in [0.4, 0.5) is 5.69 Å². The van der Waals surface area contributed by atoms with Gasteiger partial charge in [0, 0.05) is 11.6 Å². The van der Waals surface area contributed by atoms with Crippen LogP contribution in [0.2, 0.25) is 5.02 Å². The fourth-order valence-corrected chi connectivity index (χ4v) is 7.02. The molecule has 190 valence electrons. The molecule has 3 aliphatic heterocycles. The number of aromatic nitrogens is 2. The summed E-state index contributed by atoms with van der Waals surface area (Å²) in [6, 6.07) is 21.4. The Morgan fingerprint density at radius 3 is 2.37 bits per heavy atom. The lowest BCUT2D eigenvalue weighted by Gasteiger charge is -2.32. The lowest BCUT2D eigenvalue weighted by atomic mass is 9.75. The van der Waals surface area contributed by atoms with Gasteiger partial charge in [0.2, 0.25) is 11.8 Å². The van der Waals surface area contributed by atoms with Gasteiger partial charge in [-0.3, -0.25) is 24.3 Å².